The highest BCUT2D eigenvalue weighted by Crippen LogP contribution is 2.47. The first-order chi connectivity index (χ1) is 32.9. The second-order valence-electron chi connectivity index (χ2n) is 20.1. The summed E-state index contributed by atoms with van der Waals surface area (Å²) >= 11 is 0. The third-order valence-electron chi connectivity index (χ3n) is 13.5. The highest BCUT2D eigenvalue weighted by atomic mass is 28.4. The molecule has 69 heavy (non-hydrogen) atoms. The van der Waals surface area contributed by atoms with Crippen LogP contribution in [0.3, 0.4) is 0 Å². The molecule has 0 bridgehead atoms. The molecule has 0 radical (unpaired) electrons. The molecule has 3 aromatic rings. The molecule has 0 saturated carbocycles. The first-order valence-corrected chi connectivity index (χ1v) is 26.6. The molecule has 4 saturated heterocycles. The SMILES string of the molecule is CC(=O)O[C@@H]1[C@H](OC2C(OCc3ccccc3)[C@H](O[C@@H]3C4OC(C)(C)OC4[C@H](O[Si](C(C)C)(C(C)C)C(C)C)O[C@@H]3C)OC[C@H]2OCc2ccccc2)OCC1(COCc1ccccc1)OC(C)=O. The smallest absolute Gasteiger partial charge is 0.303 e. The van der Waals surface area contributed by atoms with E-state index in [1.165, 1.54) is 13.8 Å². The van der Waals surface area contributed by atoms with Crippen molar-refractivity contribution in [1.29, 1.82) is 0 Å². The van der Waals surface area contributed by atoms with E-state index < -0.39 is 99.3 Å². The van der Waals surface area contributed by atoms with Gasteiger partial charge in [0, 0.05) is 13.8 Å². The van der Waals surface area contributed by atoms with Gasteiger partial charge in [-0.2, -0.15) is 0 Å². The fourth-order valence-electron chi connectivity index (χ4n) is 10.5. The van der Waals surface area contributed by atoms with Crippen molar-refractivity contribution in [3.05, 3.63) is 108 Å². The van der Waals surface area contributed by atoms with Gasteiger partial charge in [0.1, 0.15) is 36.6 Å². The molecule has 0 N–H and O–H groups in total. The highest BCUT2D eigenvalue weighted by molar-refractivity contribution is 6.77. The van der Waals surface area contributed by atoms with Crippen LogP contribution in [0.25, 0.3) is 0 Å². The lowest BCUT2D eigenvalue weighted by atomic mass is 9.98. The van der Waals surface area contributed by atoms with Crippen LogP contribution < -0.4 is 0 Å². The maximum atomic E-state index is 12.9. The first kappa shape index (κ1) is 53.2. The number of hydrogen-bond acceptors (Lipinski definition) is 15. The molecule has 0 amide bonds. The van der Waals surface area contributed by atoms with E-state index in [0.717, 1.165) is 16.7 Å². The molecule has 0 spiro atoms. The Morgan fingerprint density at radius 2 is 1.19 bits per heavy atom. The van der Waals surface area contributed by atoms with E-state index in [4.69, 9.17) is 61.3 Å². The summed E-state index contributed by atoms with van der Waals surface area (Å²) in [6, 6.07) is 29.0. The van der Waals surface area contributed by atoms with Gasteiger partial charge in [-0.1, -0.05) is 133 Å². The summed E-state index contributed by atoms with van der Waals surface area (Å²) in [5.41, 5.74) is 2.04. The summed E-state index contributed by atoms with van der Waals surface area (Å²) in [6.07, 6.45) is -9.65. The minimum Gasteiger partial charge on any atom is -0.453 e. The fourth-order valence-corrected chi connectivity index (χ4v) is 16.0. The second kappa shape index (κ2) is 23.3. The van der Waals surface area contributed by atoms with E-state index in [0.29, 0.717) is 16.6 Å². The van der Waals surface area contributed by atoms with Crippen molar-refractivity contribution in [2.24, 2.45) is 0 Å². The van der Waals surface area contributed by atoms with Gasteiger partial charge in [0.15, 0.2) is 36.4 Å². The number of benzene rings is 3. The number of carbonyl (C=O) groups excluding carboxylic acids is 2. The molecule has 4 aliphatic rings. The molecular weight excluding hydrogens is 905 g/mol. The van der Waals surface area contributed by atoms with E-state index in [1.54, 1.807) is 0 Å². The zero-order chi connectivity index (χ0) is 49.5. The first-order valence-electron chi connectivity index (χ1n) is 24.4. The largest absolute Gasteiger partial charge is 0.453 e. The zero-order valence-electron chi connectivity index (χ0n) is 42.1. The molecule has 0 aliphatic carbocycles. The number of carbonyl (C=O) groups is 2. The maximum Gasteiger partial charge on any atom is 0.303 e. The van der Waals surface area contributed by atoms with E-state index in [-0.39, 0.29) is 39.6 Å². The van der Waals surface area contributed by atoms with Crippen LogP contribution in [0.2, 0.25) is 16.6 Å². The molecule has 5 unspecified atom stereocenters. The predicted molar refractivity (Wildman–Crippen MR) is 256 cm³/mol. The molecule has 7 rings (SSSR count). The fraction of sp³-hybridized carbons (Fsp3) is 0.623. The van der Waals surface area contributed by atoms with Crippen LogP contribution in [0, 0.1) is 0 Å². The average Bonchev–Trinajstić information content (AvgIpc) is 3.80. The topological polar surface area (TPSA) is 154 Å². The minimum absolute atomic E-state index is 0.00349. The van der Waals surface area contributed by atoms with Gasteiger partial charge in [0.25, 0.3) is 0 Å². The van der Waals surface area contributed by atoms with Crippen molar-refractivity contribution in [1.82, 2.24) is 0 Å². The van der Waals surface area contributed by atoms with Crippen molar-refractivity contribution in [3.63, 3.8) is 0 Å². The van der Waals surface area contributed by atoms with Crippen LogP contribution in [0.4, 0.5) is 0 Å². The van der Waals surface area contributed by atoms with Crippen molar-refractivity contribution >= 4 is 20.3 Å². The lowest BCUT2D eigenvalue weighted by Gasteiger charge is -2.50. The van der Waals surface area contributed by atoms with E-state index in [1.807, 2.05) is 112 Å². The Hall–Kier alpha value is -3.62. The van der Waals surface area contributed by atoms with Crippen LogP contribution in [0.5, 0.6) is 0 Å². The van der Waals surface area contributed by atoms with Crippen LogP contribution >= 0.6 is 0 Å². The molecule has 4 fully saturated rings. The third-order valence-corrected chi connectivity index (χ3v) is 19.6. The van der Waals surface area contributed by atoms with Gasteiger partial charge in [0.2, 0.25) is 8.32 Å². The summed E-state index contributed by atoms with van der Waals surface area (Å²) < 4.78 is 86.3. The molecule has 4 aliphatic heterocycles. The normalized spacial score (nSPS) is 31.2. The number of esters is 2. The summed E-state index contributed by atoms with van der Waals surface area (Å²) in [7, 11) is -2.45. The average molecular weight is 979 g/mol. The Labute approximate surface area is 409 Å². The Balaban J connectivity index is 1.22. The lowest BCUT2D eigenvalue weighted by molar-refractivity contribution is -0.350. The summed E-state index contributed by atoms with van der Waals surface area (Å²) in [5, 5.41) is 0. The Morgan fingerprint density at radius 3 is 1.74 bits per heavy atom. The van der Waals surface area contributed by atoms with Gasteiger partial charge >= 0.3 is 11.9 Å². The summed E-state index contributed by atoms with van der Waals surface area (Å²) in [6.45, 7) is 21.9. The van der Waals surface area contributed by atoms with Gasteiger partial charge in [-0.15, -0.1) is 0 Å². The van der Waals surface area contributed by atoms with Crippen LogP contribution in [0.1, 0.15) is 92.9 Å². The van der Waals surface area contributed by atoms with Crippen LogP contribution in [-0.2, 0) is 90.7 Å². The van der Waals surface area contributed by atoms with E-state index >= 15 is 0 Å². The molecule has 4 heterocycles. The Kier molecular flexibility index (Phi) is 17.9. The van der Waals surface area contributed by atoms with Crippen LogP contribution in [-0.4, -0.2) is 119 Å². The lowest BCUT2D eigenvalue weighted by Crippen LogP contribution is -2.64. The quantitative estimate of drug-likeness (QED) is 0.0739. The highest BCUT2D eigenvalue weighted by Gasteiger charge is 2.61. The molecular formula is C53H74O15Si. The molecule has 0 aromatic heterocycles. The third kappa shape index (κ3) is 12.7. The number of hydrogen-bond donors (Lipinski definition) is 0. The maximum absolute atomic E-state index is 12.9. The molecule has 15 nitrogen and oxygen atoms in total. The van der Waals surface area contributed by atoms with Gasteiger partial charge in [-0.05, 0) is 54.1 Å². The second-order valence-corrected chi connectivity index (χ2v) is 25.5. The van der Waals surface area contributed by atoms with E-state index in [2.05, 4.69) is 41.5 Å². The van der Waals surface area contributed by atoms with Crippen molar-refractivity contribution in [2.75, 3.05) is 19.8 Å². The minimum atomic E-state index is -2.45. The standard InChI is InChI=1S/C53H74O15Si/c1-33(2)69(34(3)4,35(5)6)68-50-47-45(66-52(10,11)67-47)43(36(7)61-50)63-49-46(58-29-41-25-19-14-20-26-41)44(42(30-59-49)57-28-40-23-17-13-18-24-40)64-51-48(62-37(8)54)53(32-60-51,65-38(9)55)31-56-27-39-21-15-12-16-22-39/h12-26,33-36,42-51H,27-32H2,1-11H3/t36-,42-,43+,44?,45?,46?,47?,48-,49+,50+,51+,53?/m1/s1. The molecule has 3 aromatic carbocycles. The van der Waals surface area contributed by atoms with Crippen molar-refractivity contribution < 1.29 is 70.9 Å². The summed E-state index contributed by atoms with van der Waals surface area (Å²) in [5.74, 6) is -2.23. The zero-order valence-corrected chi connectivity index (χ0v) is 43.1. The number of ether oxygens (including phenoxy) is 12. The summed E-state index contributed by atoms with van der Waals surface area (Å²) in [4.78, 5) is 25.8. The van der Waals surface area contributed by atoms with E-state index in [9.17, 15) is 9.59 Å². The molecule has 380 valence electrons. The van der Waals surface area contributed by atoms with Gasteiger partial charge in [-0.25, -0.2) is 0 Å². The Bertz CT molecular complexity index is 2050. The number of rotatable bonds is 21. The Morgan fingerprint density at radius 1 is 0.652 bits per heavy atom. The van der Waals surface area contributed by atoms with Gasteiger partial charge in [0.05, 0.1) is 45.7 Å². The van der Waals surface area contributed by atoms with Crippen molar-refractivity contribution in [2.45, 2.75) is 192 Å². The monoisotopic (exact) mass is 978 g/mol. The van der Waals surface area contributed by atoms with Gasteiger partial charge < -0.3 is 61.3 Å². The van der Waals surface area contributed by atoms with Gasteiger partial charge in [-0.3, -0.25) is 9.59 Å². The predicted octanol–water partition coefficient (Wildman–Crippen LogP) is 8.55. The molecule has 16 heteroatoms. The molecule has 12 atom stereocenters. The number of fused-ring (bicyclic) bond motifs is 1. The van der Waals surface area contributed by atoms with Crippen LogP contribution in [0.15, 0.2) is 91.0 Å². The van der Waals surface area contributed by atoms with Crippen molar-refractivity contribution in [3.8, 4) is 0 Å².